The summed E-state index contributed by atoms with van der Waals surface area (Å²) in [5.74, 6) is 0.742. The van der Waals surface area contributed by atoms with Gasteiger partial charge in [-0.25, -0.2) is 0 Å². The molecule has 0 spiro atoms. The van der Waals surface area contributed by atoms with Crippen molar-refractivity contribution in [3.63, 3.8) is 0 Å². The Morgan fingerprint density at radius 2 is 1.73 bits per heavy atom. The molecule has 0 N–H and O–H groups in total. The van der Waals surface area contributed by atoms with E-state index in [1.165, 1.54) is 0 Å². The maximum absolute atomic E-state index is 12.5. The summed E-state index contributed by atoms with van der Waals surface area (Å²) in [5, 5.41) is 8.60. The molecule has 0 radical (unpaired) electrons. The van der Waals surface area contributed by atoms with Crippen LogP contribution in [0.3, 0.4) is 0 Å². The van der Waals surface area contributed by atoms with Crippen LogP contribution in [0.25, 0.3) is 16.9 Å². The number of amides is 1. The van der Waals surface area contributed by atoms with Crippen LogP contribution >= 0.6 is 0 Å². The molecule has 2 aromatic carbocycles. The summed E-state index contributed by atoms with van der Waals surface area (Å²) in [6, 6.07) is 17.6. The predicted molar refractivity (Wildman–Crippen MR) is 83.9 cm³/mol. The lowest BCUT2D eigenvalue weighted by atomic mass is 10.1. The molecule has 1 amide bonds. The zero-order valence-electron chi connectivity index (χ0n) is 12.1. The third kappa shape index (κ3) is 1.83. The van der Waals surface area contributed by atoms with Gasteiger partial charge in [-0.2, -0.15) is 4.68 Å². The molecule has 0 saturated carbocycles. The number of anilines is 1. The predicted octanol–water partition coefficient (Wildman–Crippen LogP) is 2.45. The molecule has 1 aliphatic heterocycles. The average Bonchev–Trinajstić information content (AvgIpc) is 2.96. The van der Waals surface area contributed by atoms with E-state index in [-0.39, 0.29) is 5.91 Å². The first-order valence-electron chi connectivity index (χ1n) is 7.11. The summed E-state index contributed by atoms with van der Waals surface area (Å²) in [4.78, 5) is 14.1. The molecule has 5 nitrogen and oxygen atoms in total. The highest BCUT2D eigenvalue weighted by Gasteiger charge is 2.28. The first-order chi connectivity index (χ1) is 10.8. The number of nitrogens with zero attached hydrogens (tertiary/aromatic N) is 4. The number of carbonyl (C=O) groups is 1. The van der Waals surface area contributed by atoms with Crippen molar-refractivity contribution < 1.29 is 4.79 Å². The van der Waals surface area contributed by atoms with Crippen LogP contribution in [0, 0.1) is 0 Å². The average molecular weight is 290 g/mol. The van der Waals surface area contributed by atoms with Gasteiger partial charge < -0.3 is 0 Å². The molecule has 1 aliphatic rings. The van der Waals surface area contributed by atoms with Crippen molar-refractivity contribution in [2.75, 3.05) is 11.9 Å². The van der Waals surface area contributed by atoms with E-state index in [1.807, 2.05) is 54.6 Å². The monoisotopic (exact) mass is 290 g/mol. The van der Waals surface area contributed by atoms with Gasteiger partial charge in [-0.1, -0.05) is 53.7 Å². The van der Waals surface area contributed by atoms with Gasteiger partial charge in [0.25, 0.3) is 0 Å². The fourth-order valence-electron chi connectivity index (χ4n) is 2.79. The van der Waals surface area contributed by atoms with Crippen LogP contribution in [0.4, 0.5) is 5.82 Å². The van der Waals surface area contributed by atoms with Gasteiger partial charge in [-0.3, -0.25) is 9.69 Å². The molecule has 22 heavy (non-hydrogen) atoms. The molecule has 0 unspecified atom stereocenters. The minimum atomic E-state index is 0.0330. The number of para-hydroxylation sites is 1. The maximum atomic E-state index is 12.5. The second-order valence-electron chi connectivity index (χ2n) is 5.30. The Morgan fingerprint density at radius 1 is 1.00 bits per heavy atom. The lowest BCUT2D eigenvalue weighted by Gasteiger charge is -2.15. The van der Waals surface area contributed by atoms with Gasteiger partial charge >= 0.3 is 0 Å². The number of likely N-dealkylation sites (N-methyl/N-ethyl adjacent to an activating group) is 1. The quantitative estimate of drug-likeness (QED) is 0.691. The number of carbonyl (C=O) groups excluding carboxylic acids is 1. The second-order valence-corrected chi connectivity index (χ2v) is 5.30. The van der Waals surface area contributed by atoms with Crippen molar-refractivity contribution in [2.24, 2.45) is 0 Å². The number of rotatable bonds is 1. The Bertz CT molecular complexity index is 854. The van der Waals surface area contributed by atoms with Crippen LogP contribution < -0.4 is 4.90 Å². The van der Waals surface area contributed by atoms with E-state index in [0.29, 0.717) is 17.9 Å². The molecule has 0 aliphatic carbocycles. The van der Waals surface area contributed by atoms with E-state index in [0.717, 1.165) is 16.8 Å². The van der Waals surface area contributed by atoms with Crippen molar-refractivity contribution in [3.8, 4) is 16.9 Å². The van der Waals surface area contributed by atoms with E-state index < -0.39 is 0 Å². The molecule has 0 saturated heterocycles. The molecule has 0 atom stereocenters. The molecular weight excluding hydrogens is 276 g/mol. The molecule has 1 aromatic heterocycles. The SMILES string of the molecule is CN1C(=O)Cc2ccccc2-n2nnc(-c3ccccc3)c21. The summed E-state index contributed by atoms with van der Waals surface area (Å²) >= 11 is 0. The van der Waals surface area contributed by atoms with Gasteiger partial charge in [0, 0.05) is 12.6 Å². The van der Waals surface area contributed by atoms with E-state index >= 15 is 0 Å². The topological polar surface area (TPSA) is 51.0 Å². The van der Waals surface area contributed by atoms with Crippen LogP contribution in [0.15, 0.2) is 54.6 Å². The molecule has 108 valence electrons. The van der Waals surface area contributed by atoms with Crippen LogP contribution in [-0.2, 0) is 11.2 Å². The summed E-state index contributed by atoms with van der Waals surface area (Å²) < 4.78 is 1.75. The highest BCUT2D eigenvalue weighted by molar-refractivity contribution is 5.98. The minimum absolute atomic E-state index is 0.0330. The molecule has 4 rings (SSSR count). The number of aromatic nitrogens is 3. The number of hydrogen-bond acceptors (Lipinski definition) is 3. The number of fused-ring (bicyclic) bond motifs is 3. The molecule has 0 fully saturated rings. The number of hydrogen-bond donors (Lipinski definition) is 0. The van der Waals surface area contributed by atoms with Gasteiger partial charge in [0.2, 0.25) is 5.91 Å². The van der Waals surface area contributed by atoms with Gasteiger partial charge in [-0.15, -0.1) is 5.10 Å². The molecule has 0 bridgehead atoms. The smallest absolute Gasteiger partial charge is 0.232 e. The van der Waals surface area contributed by atoms with Crippen molar-refractivity contribution in [1.82, 2.24) is 15.0 Å². The zero-order valence-corrected chi connectivity index (χ0v) is 12.1. The molecule has 3 aromatic rings. The molecule has 2 heterocycles. The van der Waals surface area contributed by atoms with Crippen LogP contribution in [0.2, 0.25) is 0 Å². The second kappa shape index (κ2) is 4.80. The third-order valence-electron chi connectivity index (χ3n) is 3.95. The first-order valence-corrected chi connectivity index (χ1v) is 7.11. The van der Waals surface area contributed by atoms with Crippen LogP contribution in [0.1, 0.15) is 5.56 Å². The Morgan fingerprint density at radius 3 is 2.55 bits per heavy atom. The Labute approximate surface area is 127 Å². The maximum Gasteiger partial charge on any atom is 0.232 e. The lowest BCUT2D eigenvalue weighted by molar-refractivity contribution is -0.117. The largest absolute Gasteiger partial charge is 0.298 e. The van der Waals surface area contributed by atoms with Crippen LogP contribution in [-0.4, -0.2) is 27.9 Å². The fraction of sp³-hybridized carbons (Fsp3) is 0.118. The third-order valence-corrected chi connectivity index (χ3v) is 3.95. The van der Waals surface area contributed by atoms with Crippen molar-refractivity contribution >= 4 is 11.7 Å². The standard InChI is InChI=1S/C17H14N4O/c1-20-15(22)11-13-9-5-6-10-14(13)21-17(20)16(18-19-21)12-7-3-2-4-8-12/h2-10H,11H2,1H3. The summed E-state index contributed by atoms with van der Waals surface area (Å²) in [7, 11) is 1.77. The highest BCUT2D eigenvalue weighted by atomic mass is 16.2. The van der Waals surface area contributed by atoms with Gasteiger partial charge in [0.05, 0.1) is 12.1 Å². The summed E-state index contributed by atoms with van der Waals surface area (Å²) in [5.41, 5.74) is 3.53. The highest BCUT2D eigenvalue weighted by Crippen LogP contribution is 2.33. The molecule has 5 heteroatoms. The van der Waals surface area contributed by atoms with Crippen LogP contribution in [0.5, 0.6) is 0 Å². The van der Waals surface area contributed by atoms with Gasteiger partial charge in [-0.05, 0) is 11.6 Å². The fourth-order valence-corrected chi connectivity index (χ4v) is 2.79. The number of benzene rings is 2. The minimum Gasteiger partial charge on any atom is -0.298 e. The molecular formula is C17H14N4O. The van der Waals surface area contributed by atoms with E-state index in [9.17, 15) is 4.79 Å². The van der Waals surface area contributed by atoms with Crippen molar-refractivity contribution in [2.45, 2.75) is 6.42 Å². The normalized spacial score (nSPS) is 13.5. The van der Waals surface area contributed by atoms with Crippen molar-refractivity contribution in [3.05, 3.63) is 60.2 Å². The van der Waals surface area contributed by atoms with E-state index in [2.05, 4.69) is 10.3 Å². The van der Waals surface area contributed by atoms with Crippen molar-refractivity contribution in [1.29, 1.82) is 0 Å². The van der Waals surface area contributed by atoms with Gasteiger partial charge in [0.1, 0.15) is 5.69 Å². The van der Waals surface area contributed by atoms with Gasteiger partial charge in [0.15, 0.2) is 5.82 Å². The summed E-state index contributed by atoms with van der Waals surface area (Å²) in [6.07, 6.45) is 0.365. The Hall–Kier alpha value is -2.95. The first kappa shape index (κ1) is 12.8. The lowest BCUT2D eigenvalue weighted by Crippen LogP contribution is -2.28. The summed E-state index contributed by atoms with van der Waals surface area (Å²) in [6.45, 7) is 0. The Kier molecular flexibility index (Phi) is 2.79. The Balaban J connectivity index is 2.00. The van der Waals surface area contributed by atoms with E-state index in [1.54, 1.807) is 16.6 Å². The van der Waals surface area contributed by atoms with E-state index in [4.69, 9.17) is 0 Å². The zero-order chi connectivity index (χ0) is 15.1.